The topological polar surface area (TPSA) is 73.1 Å². The molecule has 1 amide bonds. The van der Waals surface area contributed by atoms with Gasteiger partial charge in [-0.25, -0.2) is 4.79 Å². The third-order valence-corrected chi connectivity index (χ3v) is 2.73. The molecule has 0 atom stereocenters. The molecule has 6 nitrogen and oxygen atoms in total. The minimum Gasteiger partial charge on any atom is -0.324 e. The molecular weight excluding hydrogens is 234 g/mol. The largest absolute Gasteiger partial charge is 0.329 e. The van der Waals surface area contributed by atoms with Gasteiger partial charge in [-0.15, -0.1) is 0 Å². The summed E-state index contributed by atoms with van der Waals surface area (Å²) < 4.78 is 2.79. The van der Waals surface area contributed by atoms with E-state index in [4.69, 9.17) is 0 Å². The first kappa shape index (κ1) is 12.1. The van der Waals surface area contributed by atoms with Crippen LogP contribution >= 0.6 is 0 Å². The first-order valence-electron chi connectivity index (χ1n) is 5.45. The monoisotopic (exact) mass is 247 g/mol. The zero-order valence-electron chi connectivity index (χ0n) is 10.1. The summed E-state index contributed by atoms with van der Waals surface area (Å²) >= 11 is 0. The Hall–Kier alpha value is -2.37. The summed E-state index contributed by atoms with van der Waals surface area (Å²) in [5.74, 6) is -0.210. The number of aldehydes is 1. The maximum absolute atomic E-state index is 12.0. The fraction of sp³-hybridized carbons (Fsp3) is 0.250. The average molecular weight is 247 g/mol. The van der Waals surface area contributed by atoms with Crippen molar-refractivity contribution in [1.29, 1.82) is 0 Å². The van der Waals surface area contributed by atoms with Crippen molar-refractivity contribution in [2.75, 3.05) is 5.32 Å². The van der Waals surface area contributed by atoms with Crippen molar-refractivity contribution < 1.29 is 9.59 Å². The van der Waals surface area contributed by atoms with Crippen LogP contribution in [0.1, 0.15) is 6.92 Å². The molecule has 0 radical (unpaired) electrons. The van der Waals surface area contributed by atoms with Gasteiger partial charge in [0, 0.05) is 14.0 Å². The minimum absolute atomic E-state index is 0.000300. The summed E-state index contributed by atoms with van der Waals surface area (Å²) in [6.45, 7) is 1.40. The van der Waals surface area contributed by atoms with E-state index in [9.17, 15) is 14.4 Å². The molecule has 94 valence electrons. The van der Waals surface area contributed by atoms with E-state index in [-0.39, 0.29) is 18.1 Å². The maximum atomic E-state index is 12.0. The number of fused-ring (bicyclic) bond motifs is 1. The van der Waals surface area contributed by atoms with Gasteiger partial charge in [0.2, 0.25) is 5.91 Å². The molecule has 0 aliphatic carbocycles. The number of aryl methyl sites for hydroxylation is 1. The number of para-hydroxylation sites is 1. The van der Waals surface area contributed by atoms with Crippen LogP contribution in [-0.4, -0.2) is 21.3 Å². The second-order valence-electron chi connectivity index (χ2n) is 3.97. The molecule has 0 saturated heterocycles. The predicted molar refractivity (Wildman–Crippen MR) is 67.5 cm³/mol. The van der Waals surface area contributed by atoms with E-state index in [0.717, 1.165) is 0 Å². The highest BCUT2D eigenvalue weighted by Crippen LogP contribution is 2.21. The number of hydrogen-bond acceptors (Lipinski definition) is 3. The van der Waals surface area contributed by atoms with Gasteiger partial charge in [0.05, 0.1) is 23.3 Å². The fourth-order valence-electron chi connectivity index (χ4n) is 2.02. The highest BCUT2D eigenvalue weighted by Gasteiger charge is 2.13. The number of benzene rings is 1. The molecule has 0 unspecified atom stereocenters. The van der Waals surface area contributed by atoms with Crippen LogP contribution in [0.15, 0.2) is 23.0 Å². The van der Waals surface area contributed by atoms with Gasteiger partial charge in [0.15, 0.2) is 0 Å². The Morgan fingerprint density at radius 3 is 2.78 bits per heavy atom. The Bertz CT molecular complexity index is 682. The average Bonchev–Trinajstić information content (AvgIpc) is 2.55. The Morgan fingerprint density at radius 2 is 2.17 bits per heavy atom. The molecule has 0 saturated carbocycles. The number of carbonyl (C=O) groups is 2. The Kier molecular flexibility index (Phi) is 3.01. The molecule has 2 rings (SSSR count). The number of amides is 1. The van der Waals surface area contributed by atoms with Crippen LogP contribution < -0.4 is 11.0 Å². The van der Waals surface area contributed by atoms with Crippen molar-refractivity contribution in [1.82, 2.24) is 9.13 Å². The second-order valence-corrected chi connectivity index (χ2v) is 3.97. The zero-order chi connectivity index (χ0) is 13.3. The third-order valence-electron chi connectivity index (χ3n) is 2.73. The summed E-state index contributed by atoms with van der Waals surface area (Å²) in [5.41, 5.74) is 1.51. The number of anilines is 1. The molecule has 1 aromatic heterocycles. The number of aromatic nitrogens is 2. The molecule has 1 aromatic carbocycles. The Morgan fingerprint density at radius 1 is 1.44 bits per heavy atom. The summed E-state index contributed by atoms with van der Waals surface area (Å²) in [4.78, 5) is 33.7. The van der Waals surface area contributed by atoms with Gasteiger partial charge < -0.3 is 10.1 Å². The van der Waals surface area contributed by atoms with Crippen molar-refractivity contribution in [3.8, 4) is 0 Å². The minimum atomic E-state index is -0.282. The van der Waals surface area contributed by atoms with Crippen molar-refractivity contribution in [2.24, 2.45) is 7.05 Å². The van der Waals surface area contributed by atoms with Gasteiger partial charge in [-0.1, -0.05) is 6.07 Å². The summed E-state index contributed by atoms with van der Waals surface area (Å²) in [6.07, 6.45) is 0.673. The van der Waals surface area contributed by atoms with E-state index in [2.05, 4.69) is 5.32 Å². The molecule has 0 spiro atoms. The number of carbonyl (C=O) groups excluding carboxylic acids is 2. The summed E-state index contributed by atoms with van der Waals surface area (Å²) in [6, 6.07) is 5.19. The van der Waals surface area contributed by atoms with Crippen molar-refractivity contribution >= 4 is 28.9 Å². The van der Waals surface area contributed by atoms with Crippen LogP contribution in [0.2, 0.25) is 0 Å². The first-order chi connectivity index (χ1) is 8.56. The second kappa shape index (κ2) is 4.48. The number of nitrogens with one attached hydrogen (secondary N) is 1. The Labute approximate surface area is 103 Å². The molecule has 0 fully saturated rings. The van der Waals surface area contributed by atoms with Crippen LogP contribution in [0, 0.1) is 0 Å². The summed E-state index contributed by atoms with van der Waals surface area (Å²) in [7, 11) is 1.61. The van der Waals surface area contributed by atoms with E-state index >= 15 is 0 Å². The molecule has 0 aliphatic rings. The standard InChI is InChI=1S/C12H13N3O3/c1-8(17)13-9-4-3-5-10-11(9)14(2)12(18)15(10)6-7-16/h3-5,7H,6H2,1-2H3,(H,13,17). The van der Waals surface area contributed by atoms with Gasteiger partial charge in [-0.3, -0.25) is 13.9 Å². The fourth-order valence-corrected chi connectivity index (χ4v) is 2.02. The van der Waals surface area contributed by atoms with E-state index < -0.39 is 0 Å². The number of rotatable bonds is 3. The molecule has 0 bridgehead atoms. The van der Waals surface area contributed by atoms with E-state index in [0.29, 0.717) is 23.0 Å². The third kappa shape index (κ3) is 1.81. The lowest BCUT2D eigenvalue weighted by Gasteiger charge is -2.05. The molecule has 2 aromatic rings. The molecule has 18 heavy (non-hydrogen) atoms. The SMILES string of the molecule is CC(=O)Nc1cccc2c1n(C)c(=O)n2CC=O. The zero-order valence-corrected chi connectivity index (χ0v) is 10.1. The molecule has 1 heterocycles. The van der Waals surface area contributed by atoms with Crippen LogP contribution in [0.4, 0.5) is 5.69 Å². The first-order valence-corrected chi connectivity index (χ1v) is 5.45. The molecular formula is C12H13N3O3. The van der Waals surface area contributed by atoms with Gasteiger partial charge >= 0.3 is 5.69 Å². The van der Waals surface area contributed by atoms with E-state index in [1.165, 1.54) is 16.1 Å². The van der Waals surface area contributed by atoms with Crippen molar-refractivity contribution in [3.63, 3.8) is 0 Å². The van der Waals surface area contributed by atoms with Crippen molar-refractivity contribution in [3.05, 3.63) is 28.7 Å². The molecule has 0 aliphatic heterocycles. The van der Waals surface area contributed by atoms with Crippen molar-refractivity contribution in [2.45, 2.75) is 13.5 Å². The number of imidazole rings is 1. The van der Waals surface area contributed by atoms with Gasteiger partial charge in [0.25, 0.3) is 0 Å². The van der Waals surface area contributed by atoms with Crippen LogP contribution in [0.5, 0.6) is 0 Å². The van der Waals surface area contributed by atoms with Crippen LogP contribution in [0.3, 0.4) is 0 Å². The van der Waals surface area contributed by atoms with E-state index in [1.807, 2.05) is 0 Å². The molecule has 6 heteroatoms. The lowest BCUT2D eigenvalue weighted by atomic mass is 10.2. The highest BCUT2D eigenvalue weighted by molar-refractivity contribution is 5.99. The van der Waals surface area contributed by atoms with E-state index in [1.54, 1.807) is 25.2 Å². The number of hydrogen-bond donors (Lipinski definition) is 1. The number of nitrogens with zero attached hydrogens (tertiary/aromatic N) is 2. The van der Waals surface area contributed by atoms with Crippen LogP contribution in [0.25, 0.3) is 11.0 Å². The molecule has 1 N–H and O–H groups in total. The Balaban J connectivity index is 2.77. The lowest BCUT2D eigenvalue weighted by molar-refractivity contribution is -0.114. The summed E-state index contributed by atoms with van der Waals surface area (Å²) in [5, 5.41) is 2.67. The van der Waals surface area contributed by atoms with Gasteiger partial charge in [-0.05, 0) is 12.1 Å². The predicted octanol–water partition coefficient (Wildman–Crippen LogP) is 0.497. The lowest BCUT2D eigenvalue weighted by Crippen LogP contribution is -2.22. The van der Waals surface area contributed by atoms with Gasteiger partial charge in [-0.2, -0.15) is 0 Å². The normalized spacial score (nSPS) is 10.6. The highest BCUT2D eigenvalue weighted by atomic mass is 16.2. The van der Waals surface area contributed by atoms with Crippen LogP contribution in [-0.2, 0) is 23.2 Å². The van der Waals surface area contributed by atoms with Gasteiger partial charge in [0.1, 0.15) is 6.29 Å². The smallest absolute Gasteiger partial charge is 0.324 e. The quantitative estimate of drug-likeness (QED) is 0.802. The maximum Gasteiger partial charge on any atom is 0.329 e.